The molecule has 2 heterocycles. The zero-order valence-electron chi connectivity index (χ0n) is 17.2. The Kier molecular flexibility index (Phi) is 8.55. The van der Waals surface area contributed by atoms with Gasteiger partial charge in [0.05, 0.1) is 42.1 Å². The van der Waals surface area contributed by atoms with Gasteiger partial charge in [-0.3, -0.25) is 9.59 Å². The Labute approximate surface area is 192 Å². The van der Waals surface area contributed by atoms with Crippen LogP contribution in [-0.2, 0) is 30.4 Å². The second-order valence-electron chi connectivity index (χ2n) is 7.02. The summed E-state index contributed by atoms with van der Waals surface area (Å²) in [5.41, 5.74) is 0.350. The molecule has 1 saturated heterocycles. The molecule has 0 radical (unpaired) electrons. The number of nitrogens with one attached hydrogen (secondary N) is 1. The zero-order valence-corrected chi connectivity index (χ0v) is 18.1. The number of carboxylic acid groups (broad SMARTS) is 2. The van der Waals surface area contributed by atoms with Crippen LogP contribution in [0.2, 0.25) is 0 Å². The number of hydrogen-bond donors (Lipinski definition) is 4. The minimum atomic E-state index is -1.49. The van der Waals surface area contributed by atoms with Crippen molar-refractivity contribution in [2.45, 2.75) is 25.1 Å². The second-order valence-corrected chi connectivity index (χ2v) is 7.96. The van der Waals surface area contributed by atoms with Gasteiger partial charge in [-0.05, 0) is 17.5 Å². The number of rotatable bonds is 9. The van der Waals surface area contributed by atoms with Crippen molar-refractivity contribution in [3.63, 3.8) is 0 Å². The van der Waals surface area contributed by atoms with Crippen LogP contribution in [0.5, 0.6) is 0 Å². The van der Waals surface area contributed by atoms with E-state index in [0.29, 0.717) is 10.4 Å². The third kappa shape index (κ3) is 6.86. The number of aliphatic carboxylic acids is 1. The van der Waals surface area contributed by atoms with Crippen LogP contribution in [0, 0.1) is 0 Å². The third-order valence-electron chi connectivity index (χ3n) is 4.59. The van der Waals surface area contributed by atoms with Crippen LogP contribution < -0.4 is 5.32 Å². The van der Waals surface area contributed by atoms with E-state index in [4.69, 9.17) is 19.3 Å². The lowest BCUT2D eigenvalue weighted by atomic mass is 9.79. The van der Waals surface area contributed by atoms with Crippen molar-refractivity contribution in [1.82, 2.24) is 5.32 Å². The highest BCUT2D eigenvalue weighted by Gasteiger charge is 2.36. The smallest absolute Gasteiger partial charge is 0.480 e. The molecule has 2 aromatic rings. The molecule has 1 fully saturated rings. The molecule has 1 amide bonds. The normalized spacial score (nSPS) is 18.9. The van der Waals surface area contributed by atoms with Crippen LogP contribution in [0.25, 0.3) is 0 Å². The first-order valence-corrected chi connectivity index (χ1v) is 10.7. The second kappa shape index (κ2) is 11.6. The molecule has 0 saturated carbocycles. The van der Waals surface area contributed by atoms with Gasteiger partial charge in [-0.25, -0.2) is 4.79 Å². The van der Waals surface area contributed by atoms with Crippen molar-refractivity contribution >= 4 is 42.0 Å². The summed E-state index contributed by atoms with van der Waals surface area (Å²) in [4.78, 5) is 40.9. The summed E-state index contributed by atoms with van der Waals surface area (Å²) < 4.78 is 10.6. The number of hydrogen-bond acceptors (Lipinski definition) is 9. The highest BCUT2D eigenvalue weighted by atomic mass is 32.1. The van der Waals surface area contributed by atoms with Crippen LogP contribution in [0.4, 0.5) is 0 Å². The molecule has 174 valence electrons. The summed E-state index contributed by atoms with van der Waals surface area (Å²) in [6, 6.07) is 9.62. The maximum atomic E-state index is 12.9. The van der Waals surface area contributed by atoms with Gasteiger partial charge in [0.2, 0.25) is 0 Å². The average molecular weight is 476 g/mol. The van der Waals surface area contributed by atoms with Gasteiger partial charge in [-0.2, -0.15) is 0 Å². The first kappa shape index (κ1) is 24.4. The van der Waals surface area contributed by atoms with Gasteiger partial charge in [0.1, 0.15) is 6.61 Å². The molecule has 2 atom stereocenters. The van der Waals surface area contributed by atoms with Crippen molar-refractivity contribution in [3.8, 4) is 0 Å². The number of amides is 1. The van der Waals surface area contributed by atoms with Gasteiger partial charge in [0.25, 0.3) is 5.91 Å². The SMILES string of the molecule is O=C(O)C[C@H]1COC[C@H](NC(=O)C(=NOCc2ccccc2C(=O)O)c2cccs2)B(O)O1. The first-order valence-electron chi connectivity index (χ1n) is 9.84. The number of carbonyl (C=O) groups excluding carboxylic acids is 1. The molecule has 4 N–H and O–H groups in total. The van der Waals surface area contributed by atoms with Crippen LogP contribution in [0.15, 0.2) is 46.9 Å². The van der Waals surface area contributed by atoms with Crippen molar-refractivity contribution in [2.24, 2.45) is 5.16 Å². The van der Waals surface area contributed by atoms with Gasteiger partial charge in [-0.15, -0.1) is 11.3 Å². The number of oxime groups is 1. The Morgan fingerprint density at radius 2 is 1.97 bits per heavy atom. The van der Waals surface area contributed by atoms with Crippen LogP contribution >= 0.6 is 11.3 Å². The fraction of sp³-hybridized carbons (Fsp3) is 0.300. The quantitative estimate of drug-likeness (QED) is 0.232. The molecule has 0 aliphatic carbocycles. The Morgan fingerprint density at radius 3 is 2.67 bits per heavy atom. The molecular weight excluding hydrogens is 455 g/mol. The monoisotopic (exact) mass is 476 g/mol. The fourth-order valence-corrected chi connectivity index (χ4v) is 3.73. The first-order chi connectivity index (χ1) is 15.8. The molecule has 13 heteroatoms. The lowest BCUT2D eigenvalue weighted by Gasteiger charge is -2.19. The number of carbonyl (C=O) groups is 3. The number of nitrogens with zero attached hydrogens (tertiary/aromatic N) is 1. The highest BCUT2D eigenvalue weighted by Crippen LogP contribution is 2.15. The van der Waals surface area contributed by atoms with E-state index in [-0.39, 0.29) is 37.5 Å². The average Bonchev–Trinajstić information content (AvgIpc) is 3.24. The maximum Gasteiger partial charge on any atom is 0.480 e. The largest absolute Gasteiger partial charge is 0.481 e. The zero-order chi connectivity index (χ0) is 23.8. The Morgan fingerprint density at radius 1 is 1.18 bits per heavy atom. The number of ether oxygens (including phenoxy) is 1. The van der Waals surface area contributed by atoms with Gasteiger partial charge in [0, 0.05) is 5.56 Å². The number of aromatic carboxylic acids is 1. The molecule has 1 aliphatic heterocycles. The standard InChI is InChI=1S/C20H21BN2O9S/c24-17(25)8-13-10-30-11-16(21(29)32-13)22-19(26)18(15-6-3-7-33-15)23-31-9-12-4-1-2-5-14(12)20(27)28/h1-7,13,16,29H,8-11H2,(H,22,26)(H,24,25)(H,27,28)/t13-,16-/m0/s1. The fourth-order valence-electron chi connectivity index (χ4n) is 3.02. The Balaban J connectivity index is 1.70. The molecule has 11 nitrogen and oxygen atoms in total. The van der Waals surface area contributed by atoms with Crippen molar-refractivity contribution in [3.05, 3.63) is 57.8 Å². The molecule has 1 aliphatic rings. The van der Waals surface area contributed by atoms with Gasteiger partial charge in [0.15, 0.2) is 5.71 Å². The Hall–Kier alpha value is -3.26. The van der Waals surface area contributed by atoms with E-state index >= 15 is 0 Å². The van der Waals surface area contributed by atoms with Crippen LogP contribution in [-0.4, -0.2) is 71.2 Å². The predicted octanol–water partition coefficient (Wildman–Crippen LogP) is 0.762. The summed E-state index contributed by atoms with van der Waals surface area (Å²) in [6.07, 6.45) is -1.21. The van der Waals surface area contributed by atoms with E-state index in [1.807, 2.05) is 0 Å². The molecule has 33 heavy (non-hydrogen) atoms. The minimum absolute atomic E-state index is 0.0479. The predicted molar refractivity (Wildman–Crippen MR) is 117 cm³/mol. The lowest BCUT2D eigenvalue weighted by molar-refractivity contribution is -0.139. The number of thiophene rings is 1. The molecular formula is C20H21BN2O9S. The number of benzene rings is 1. The van der Waals surface area contributed by atoms with E-state index in [9.17, 15) is 24.5 Å². The van der Waals surface area contributed by atoms with Crippen molar-refractivity contribution in [1.29, 1.82) is 0 Å². The third-order valence-corrected chi connectivity index (χ3v) is 5.47. The van der Waals surface area contributed by atoms with E-state index in [1.165, 1.54) is 17.4 Å². The van der Waals surface area contributed by atoms with Crippen LogP contribution in [0.3, 0.4) is 0 Å². The minimum Gasteiger partial charge on any atom is -0.481 e. The van der Waals surface area contributed by atoms with Crippen LogP contribution in [0.1, 0.15) is 27.2 Å². The summed E-state index contributed by atoms with van der Waals surface area (Å²) >= 11 is 1.23. The van der Waals surface area contributed by atoms with E-state index in [1.54, 1.807) is 35.7 Å². The molecule has 1 aromatic heterocycles. The summed E-state index contributed by atoms with van der Waals surface area (Å²) in [5, 5.41) is 36.7. The lowest BCUT2D eigenvalue weighted by Crippen LogP contribution is -2.52. The summed E-state index contributed by atoms with van der Waals surface area (Å²) in [7, 11) is -1.49. The van der Waals surface area contributed by atoms with Crippen molar-refractivity contribution in [2.75, 3.05) is 13.2 Å². The molecule has 0 unspecified atom stereocenters. The van der Waals surface area contributed by atoms with E-state index in [0.717, 1.165) is 0 Å². The van der Waals surface area contributed by atoms with E-state index < -0.39 is 37.0 Å². The molecule has 1 aromatic carbocycles. The topological polar surface area (TPSA) is 164 Å². The maximum absolute atomic E-state index is 12.9. The summed E-state index contributed by atoms with van der Waals surface area (Å²) in [6.45, 7) is -0.332. The van der Waals surface area contributed by atoms with Gasteiger partial charge >= 0.3 is 19.1 Å². The molecule has 0 bridgehead atoms. The van der Waals surface area contributed by atoms with E-state index in [2.05, 4.69) is 10.5 Å². The number of carboxylic acids is 2. The van der Waals surface area contributed by atoms with Gasteiger partial charge in [-0.1, -0.05) is 29.4 Å². The van der Waals surface area contributed by atoms with Crippen molar-refractivity contribution < 1.29 is 43.8 Å². The Bertz CT molecular complexity index is 1010. The highest BCUT2D eigenvalue weighted by molar-refractivity contribution is 7.13. The molecule has 3 rings (SSSR count). The van der Waals surface area contributed by atoms with Gasteiger partial charge < -0.3 is 34.8 Å². The molecule has 0 spiro atoms. The summed E-state index contributed by atoms with van der Waals surface area (Å²) in [5.74, 6) is -3.88.